The standard InChI is InChI=1S/C22H15Cl2F2N3O3/c1-2-31-22(30)11-6-7-18(17(26)8-11)29-19-13(4-3-5-16(19)25)21(28-29)32-20-14(23)9-12(27)10-15(20)24/h3-10H,2,27H2,1H3. The number of hydrogen-bond donors (Lipinski definition) is 1. The summed E-state index contributed by atoms with van der Waals surface area (Å²) in [4.78, 5) is 11.9. The Morgan fingerprint density at radius 1 is 1.09 bits per heavy atom. The number of rotatable bonds is 5. The molecule has 1 heterocycles. The Balaban J connectivity index is 1.85. The van der Waals surface area contributed by atoms with Gasteiger partial charge in [0.05, 0.1) is 27.6 Å². The topological polar surface area (TPSA) is 79.4 Å². The second kappa shape index (κ2) is 8.64. The number of nitrogens with zero attached hydrogens (tertiary/aromatic N) is 2. The predicted octanol–water partition coefficient (Wildman–Crippen LogP) is 6.16. The molecule has 0 unspecified atom stereocenters. The smallest absolute Gasteiger partial charge is 0.338 e. The number of nitrogens with two attached hydrogens (primary N) is 1. The van der Waals surface area contributed by atoms with Gasteiger partial charge in [0.25, 0.3) is 0 Å². The average molecular weight is 478 g/mol. The molecule has 0 radical (unpaired) electrons. The van der Waals surface area contributed by atoms with Crippen LogP contribution in [0.5, 0.6) is 11.6 Å². The Labute approximate surface area is 191 Å². The zero-order chi connectivity index (χ0) is 23.0. The molecular formula is C22H15Cl2F2N3O3. The second-order valence-corrected chi connectivity index (χ2v) is 7.47. The maximum absolute atomic E-state index is 14.9. The maximum atomic E-state index is 14.9. The lowest BCUT2D eigenvalue weighted by molar-refractivity contribution is 0.0526. The molecule has 0 fully saturated rings. The van der Waals surface area contributed by atoms with Gasteiger partial charge in [0, 0.05) is 5.69 Å². The first kappa shape index (κ1) is 21.9. The molecule has 4 aromatic rings. The van der Waals surface area contributed by atoms with Gasteiger partial charge in [-0.05, 0) is 49.4 Å². The van der Waals surface area contributed by atoms with Crippen LogP contribution in [-0.4, -0.2) is 22.4 Å². The number of para-hydroxylation sites is 1. The van der Waals surface area contributed by atoms with Gasteiger partial charge < -0.3 is 15.2 Å². The van der Waals surface area contributed by atoms with E-state index in [1.165, 1.54) is 36.4 Å². The number of carbonyl (C=O) groups is 1. The summed E-state index contributed by atoms with van der Waals surface area (Å²) < 4.78 is 41.4. The van der Waals surface area contributed by atoms with Gasteiger partial charge >= 0.3 is 5.97 Å². The fourth-order valence-electron chi connectivity index (χ4n) is 3.14. The van der Waals surface area contributed by atoms with Gasteiger partial charge in [-0.3, -0.25) is 0 Å². The SMILES string of the molecule is CCOC(=O)c1ccc(-n2nc(Oc3c(Cl)cc(N)cc3Cl)c3cccc(F)c32)c(F)c1. The van der Waals surface area contributed by atoms with Gasteiger partial charge in [0.2, 0.25) is 5.88 Å². The van der Waals surface area contributed by atoms with E-state index in [0.29, 0.717) is 5.69 Å². The molecule has 2 N–H and O–H groups in total. The zero-order valence-electron chi connectivity index (χ0n) is 16.5. The van der Waals surface area contributed by atoms with E-state index in [1.54, 1.807) is 13.0 Å². The van der Waals surface area contributed by atoms with Gasteiger partial charge in [-0.2, -0.15) is 0 Å². The predicted molar refractivity (Wildman–Crippen MR) is 118 cm³/mol. The minimum absolute atomic E-state index is 0.0157. The fraction of sp³-hybridized carbons (Fsp3) is 0.0909. The molecule has 0 aliphatic carbocycles. The van der Waals surface area contributed by atoms with Crippen LogP contribution in [0.3, 0.4) is 0 Å². The third kappa shape index (κ3) is 3.94. The first-order chi connectivity index (χ1) is 15.3. The summed E-state index contributed by atoms with van der Waals surface area (Å²) in [5.41, 5.74) is 5.93. The number of esters is 1. The zero-order valence-corrected chi connectivity index (χ0v) is 18.0. The summed E-state index contributed by atoms with van der Waals surface area (Å²) in [6.45, 7) is 1.79. The molecule has 0 saturated carbocycles. The Morgan fingerprint density at radius 2 is 1.81 bits per heavy atom. The van der Waals surface area contributed by atoms with Crippen LogP contribution in [0.1, 0.15) is 17.3 Å². The minimum atomic E-state index is -0.807. The molecule has 164 valence electrons. The summed E-state index contributed by atoms with van der Waals surface area (Å²) in [6.07, 6.45) is 0. The molecule has 0 spiro atoms. The van der Waals surface area contributed by atoms with Crippen LogP contribution in [0.2, 0.25) is 10.0 Å². The molecule has 0 aliphatic rings. The molecule has 3 aromatic carbocycles. The lowest BCUT2D eigenvalue weighted by Crippen LogP contribution is -2.07. The van der Waals surface area contributed by atoms with Crippen molar-refractivity contribution in [3.63, 3.8) is 0 Å². The van der Waals surface area contributed by atoms with Crippen molar-refractivity contribution in [1.82, 2.24) is 9.78 Å². The summed E-state index contributed by atoms with van der Waals surface area (Å²) in [7, 11) is 0. The molecule has 1 aromatic heterocycles. The Bertz CT molecular complexity index is 1340. The largest absolute Gasteiger partial charge is 0.462 e. The number of benzene rings is 3. The molecule has 0 amide bonds. The Hall–Kier alpha value is -3.36. The van der Waals surface area contributed by atoms with Gasteiger partial charge in [0.1, 0.15) is 22.8 Å². The molecule has 4 rings (SSSR count). The molecule has 10 heteroatoms. The van der Waals surface area contributed by atoms with E-state index in [-0.39, 0.29) is 50.4 Å². The van der Waals surface area contributed by atoms with Crippen molar-refractivity contribution >= 4 is 45.8 Å². The van der Waals surface area contributed by atoms with Crippen molar-refractivity contribution in [2.45, 2.75) is 6.92 Å². The second-order valence-electron chi connectivity index (χ2n) is 6.66. The van der Waals surface area contributed by atoms with Crippen LogP contribution in [0, 0.1) is 11.6 Å². The summed E-state index contributed by atoms with van der Waals surface area (Å²) in [5.74, 6) is -2.13. The van der Waals surface area contributed by atoms with Crippen molar-refractivity contribution in [2.24, 2.45) is 0 Å². The summed E-state index contributed by atoms with van der Waals surface area (Å²) in [5, 5.41) is 4.74. The molecule has 0 aliphatic heterocycles. The van der Waals surface area contributed by atoms with Crippen molar-refractivity contribution < 1.29 is 23.0 Å². The quantitative estimate of drug-likeness (QED) is 0.275. The molecule has 0 saturated heterocycles. The number of anilines is 1. The van der Waals surface area contributed by atoms with E-state index < -0.39 is 17.6 Å². The third-order valence-corrected chi connectivity index (χ3v) is 5.09. The first-order valence-corrected chi connectivity index (χ1v) is 10.1. The van der Waals surface area contributed by atoms with Crippen molar-refractivity contribution in [2.75, 3.05) is 12.3 Å². The van der Waals surface area contributed by atoms with Crippen molar-refractivity contribution in [1.29, 1.82) is 0 Å². The fourth-order valence-corrected chi connectivity index (χ4v) is 3.72. The highest BCUT2D eigenvalue weighted by atomic mass is 35.5. The minimum Gasteiger partial charge on any atom is -0.462 e. The lowest BCUT2D eigenvalue weighted by Gasteiger charge is -2.09. The Kier molecular flexibility index (Phi) is 5.90. The van der Waals surface area contributed by atoms with E-state index in [2.05, 4.69) is 5.10 Å². The number of ether oxygens (including phenoxy) is 2. The molecule has 6 nitrogen and oxygen atoms in total. The van der Waals surface area contributed by atoms with Crippen LogP contribution in [0.25, 0.3) is 16.6 Å². The number of nitrogen functional groups attached to an aromatic ring is 1. The molecule has 0 atom stereocenters. The lowest BCUT2D eigenvalue weighted by atomic mass is 10.2. The number of hydrogen-bond acceptors (Lipinski definition) is 5. The number of fused-ring (bicyclic) bond motifs is 1. The molecule has 32 heavy (non-hydrogen) atoms. The van der Waals surface area contributed by atoms with Crippen LogP contribution >= 0.6 is 23.2 Å². The van der Waals surface area contributed by atoms with Crippen LogP contribution in [-0.2, 0) is 4.74 Å². The van der Waals surface area contributed by atoms with Gasteiger partial charge in [0.15, 0.2) is 5.75 Å². The van der Waals surface area contributed by atoms with E-state index >= 15 is 0 Å². The van der Waals surface area contributed by atoms with Gasteiger partial charge in [-0.15, -0.1) is 5.10 Å². The van der Waals surface area contributed by atoms with Gasteiger partial charge in [-0.1, -0.05) is 29.3 Å². The highest BCUT2D eigenvalue weighted by molar-refractivity contribution is 6.37. The van der Waals surface area contributed by atoms with Crippen LogP contribution in [0.15, 0.2) is 48.5 Å². The van der Waals surface area contributed by atoms with E-state index in [4.69, 9.17) is 38.4 Å². The van der Waals surface area contributed by atoms with Crippen molar-refractivity contribution in [3.05, 3.63) is 75.8 Å². The normalized spacial score (nSPS) is 11.0. The Morgan fingerprint density at radius 3 is 2.47 bits per heavy atom. The summed E-state index contributed by atoms with van der Waals surface area (Å²) in [6, 6.07) is 10.8. The van der Waals surface area contributed by atoms with Gasteiger partial charge in [-0.25, -0.2) is 18.3 Å². The van der Waals surface area contributed by atoms with Crippen molar-refractivity contribution in [3.8, 4) is 17.3 Å². The van der Waals surface area contributed by atoms with Crippen LogP contribution < -0.4 is 10.5 Å². The first-order valence-electron chi connectivity index (χ1n) is 9.36. The number of halogens is 4. The maximum Gasteiger partial charge on any atom is 0.338 e. The molecular weight excluding hydrogens is 463 g/mol. The third-order valence-electron chi connectivity index (χ3n) is 4.53. The summed E-state index contributed by atoms with van der Waals surface area (Å²) >= 11 is 12.4. The van der Waals surface area contributed by atoms with Crippen LogP contribution in [0.4, 0.5) is 14.5 Å². The monoisotopic (exact) mass is 477 g/mol. The van der Waals surface area contributed by atoms with E-state index in [9.17, 15) is 13.6 Å². The molecule has 0 bridgehead atoms. The highest BCUT2D eigenvalue weighted by Crippen LogP contribution is 2.40. The van der Waals surface area contributed by atoms with E-state index in [1.807, 2.05) is 0 Å². The average Bonchev–Trinajstić information content (AvgIpc) is 3.10. The van der Waals surface area contributed by atoms with E-state index in [0.717, 1.165) is 10.7 Å². The highest BCUT2D eigenvalue weighted by Gasteiger charge is 2.22. The number of carbonyl (C=O) groups excluding carboxylic acids is 1. The number of aromatic nitrogens is 2.